The van der Waals surface area contributed by atoms with Crippen molar-refractivity contribution < 1.29 is 14.3 Å². The monoisotopic (exact) mass is 279 g/mol. The Balaban J connectivity index is 0.000000347. The molecule has 1 aliphatic carbocycles. The summed E-state index contributed by atoms with van der Waals surface area (Å²) in [6.07, 6.45) is 1.71. The molecule has 1 aliphatic rings. The Labute approximate surface area is 121 Å². The number of ketones is 1. The fraction of sp³-hybridized carbons (Fsp3) is 0.625. The smallest absolute Gasteiger partial charge is 0.293 e. The van der Waals surface area contributed by atoms with E-state index in [2.05, 4.69) is 43.1 Å². The number of rotatable bonds is 3. The first-order chi connectivity index (χ1) is 9.36. The molecule has 0 aliphatic heterocycles. The van der Waals surface area contributed by atoms with Crippen molar-refractivity contribution >= 4 is 12.3 Å². The lowest BCUT2D eigenvalue weighted by molar-refractivity contribution is -0.128. The summed E-state index contributed by atoms with van der Waals surface area (Å²) in [6, 6.07) is 2.05. The summed E-state index contributed by atoms with van der Waals surface area (Å²) in [5, 5.41) is 0. The van der Waals surface area contributed by atoms with E-state index in [0.29, 0.717) is 25.3 Å². The maximum atomic E-state index is 12.0. The van der Waals surface area contributed by atoms with Crippen molar-refractivity contribution in [1.82, 2.24) is 4.57 Å². The SMILES string of the molecule is CCOC=O.CCn1c(C)cc2c1CC(C)(C)CC2=O. The number of fused-ring (bicyclic) bond motifs is 1. The van der Waals surface area contributed by atoms with Crippen LogP contribution in [0.4, 0.5) is 0 Å². The van der Waals surface area contributed by atoms with Gasteiger partial charge in [-0.3, -0.25) is 9.59 Å². The summed E-state index contributed by atoms with van der Waals surface area (Å²) < 4.78 is 6.42. The average Bonchev–Trinajstić information content (AvgIpc) is 2.66. The van der Waals surface area contributed by atoms with E-state index < -0.39 is 0 Å². The molecule has 0 radical (unpaired) electrons. The minimum Gasteiger partial charge on any atom is -0.468 e. The van der Waals surface area contributed by atoms with Crippen LogP contribution in [0, 0.1) is 12.3 Å². The highest BCUT2D eigenvalue weighted by Crippen LogP contribution is 2.36. The molecule has 2 rings (SSSR count). The van der Waals surface area contributed by atoms with Crippen molar-refractivity contribution in [3.8, 4) is 0 Å². The van der Waals surface area contributed by atoms with Crippen LogP contribution in [-0.4, -0.2) is 23.4 Å². The van der Waals surface area contributed by atoms with Gasteiger partial charge < -0.3 is 9.30 Å². The van der Waals surface area contributed by atoms with Gasteiger partial charge in [-0.2, -0.15) is 0 Å². The first-order valence-corrected chi connectivity index (χ1v) is 7.13. The molecule has 0 saturated carbocycles. The van der Waals surface area contributed by atoms with Crippen LogP contribution in [0.5, 0.6) is 0 Å². The molecular weight excluding hydrogens is 254 g/mol. The zero-order chi connectivity index (χ0) is 15.3. The molecule has 4 heteroatoms. The second-order valence-corrected chi connectivity index (χ2v) is 5.88. The van der Waals surface area contributed by atoms with Crippen molar-refractivity contribution in [1.29, 1.82) is 0 Å². The lowest BCUT2D eigenvalue weighted by Gasteiger charge is -2.29. The minimum absolute atomic E-state index is 0.127. The highest BCUT2D eigenvalue weighted by molar-refractivity contribution is 5.99. The summed E-state index contributed by atoms with van der Waals surface area (Å²) in [4.78, 5) is 21.2. The molecule has 0 N–H and O–H groups in total. The summed E-state index contributed by atoms with van der Waals surface area (Å²) in [5.41, 5.74) is 3.56. The van der Waals surface area contributed by atoms with Gasteiger partial charge in [0.1, 0.15) is 0 Å². The quantitative estimate of drug-likeness (QED) is 0.799. The van der Waals surface area contributed by atoms with Gasteiger partial charge in [0.25, 0.3) is 6.47 Å². The molecule has 0 unspecified atom stereocenters. The fourth-order valence-corrected chi connectivity index (χ4v) is 2.71. The summed E-state index contributed by atoms with van der Waals surface area (Å²) in [7, 11) is 0. The number of nitrogens with zero attached hydrogens (tertiary/aromatic N) is 1. The molecule has 0 bridgehead atoms. The predicted molar refractivity (Wildman–Crippen MR) is 79.0 cm³/mol. The average molecular weight is 279 g/mol. The van der Waals surface area contributed by atoms with Gasteiger partial charge in [-0.1, -0.05) is 13.8 Å². The van der Waals surface area contributed by atoms with E-state index in [9.17, 15) is 9.59 Å². The number of aryl methyl sites for hydroxylation is 1. The zero-order valence-electron chi connectivity index (χ0n) is 13.2. The fourth-order valence-electron chi connectivity index (χ4n) is 2.71. The van der Waals surface area contributed by atoms with E-state index in [1.54, 1.807) is 6.92 Å². The molecule has 1 heterocycles. The third kappa shape index (κ3) is 3.71. The van der Waals surface area contributed by atoms with Crippen LogP contribution in [0.3, 0.4) is 0 Å². The van der Waals surface area contributed by atoms with Crippen molar-refractivity contribution in [2.24, 2.45) is 5.41 Å². The molecule has 20 heavy (non-hydrogen) atoms. The Morgan fingerprint density at radius 1 is 1.35 bits per heavy atom. The van der Waals surface area contributed by atoms with Gasteiger partial charge in [-0.05, 0) is 38.7 Å². The van der Waals surface area contributed by atoms with Crippen molar-refractivity contribution in [3.05, 3.63) is 23.0 Å². The van der Waals surface area contributed by atoms with Gasteiger partial charge in [-0.15, -0.1) is 0 Å². The highest BCUT2D eigenvalue weighted by atomic mass is 16.5. The number of Topliss-reactive ketones (excluding diaryl/α,β-unsaturated/α-hetero) is 1. The Morgan fingerprint density at radius 3 is 2.45 bits per heavy atom. The molecule has 0 spiro atoms. The molecular formula is C16H25NO3. The Kier molecular flexibility index (Phi) is 5.54. The van der Waals surface area contributed by atoms with Crippen LogP contribution in [0.25, 0.3) is 0 Å². The van der Waals surface area contributed by atoms with E-state index in [0.717, 1.165) is 18.5 Å². The zero-order valence-corrected chi connectivity index (χ0v) is 13.2. The van der Waals surface area contributed by atoms with Crippen molar-refractivity contribution in [2.75, 3.05) is 6.61 Å². The minimum atomic E-state index is 0.127. The Morgan fingerprint density at radius 2 is 2.00 bits per heavy atom. The normalized spacial score (nSPS) is 15.9. The molecule has 112 valence electrons. The first-order valence-electron chi connectivity index (χ1n) is 7.13. The second kappa shape index (κ2) is 6.73. The van der Waals surface area contributed by atoms with Gasteiger partial charge in [0.05, 0.1) is 6.61 Å². The standard InChI is InChI=1S/C13H19NO.C3H6O2/c1-5-14-9(2)6-10-11(14)7-13(3,4)8-12(10)15;1-2-5-3-4/h6H,5,7-8H2,1-4H3;3H,2H2,1H3. The Hall–Kier alpha value is -1.58. The molecule has 0 saturated heterocycles. The lowest BCUT2D eigenvalue weighted by Crippen LogP contribution is -2.27. The molecule has 0 atom stereocenters. The first kappa shape index (κ1) is 16.5. The number of carbonyl (C=O) groups excluding carboxylic acids is 2. The van der Waals surface area contributed by atoms with Gasteiger partial charge in [0.15, 0.2) is 5.78 Å². The van der Waals surface area contributed by atoms with Crippen molar-refractivity contribution in [2.45, 2.75) is 54.0 Å². The Bertz CT molecular complexity index is 486. The highest BCUT2D eigenvalue weighted by Gasteiger charge is 2.33. The molecule has 0 amide bonds. The molecule has 0 fully saturated rings. The van der Waals surface area contributed by atoms with E-state index in [4.69, 9.17) is 0 Å². The van der Waals surface area contributed by atoms with Crippen LogP contribution in [-0.2, 0) is 22.5 Å². The number of hydrogen-bond donors (Lipinski definition) is 0. The maximum Gasteiger partial charge on any atom is 0.293 e. The van der Waals surface area contributed by atoms with Crippen LogP contribution >= 0.6 is 0 Å². The topological polar surface area (TPSA) is 48.3 Å². The largest absolute Gasteiger partial charge is 0.468 e. The van der Waals surface area contributed by atoms with Gasteiger partial charge in [0.2, 0.25) is 0 Å². The molecule has 1 aromatic rings. The third-order valence-electron chi connectivity index (χ3n) is 3.55. The van der Waals surface area contributed by atoms with E-state index >= 15 is 0 Å². The maximum absolute atomic E-state index is 12.0. The summed E-state index contributed by atoms with van der Waals surface area (Å²) in [5.74, 6) is 0.316. The number of aromatic nitrogens is 1. The van der Waals surface area contributed by atoms with Crippen molar-refractivity contribution in [3.63, 3.8) is 0 Å². The second-order valence-electron chi connectivity index (χ2n) is 5.88. The van der Waals surface area contributed by atoms with Crippen LogP contribution in [0.1, 0.15) is 55.9 Å². The molecule has 1 aromatic heterocycles. The van der Waals surface area contributed by atoms with Gasteiger partial charge >= 0.3 is 0 Å². The van der Waals surface area contributed by atoms with Crippen LogP contribution in [0.2, 0.25) is 0 Å². The van der Waals surface area contributed by atoms with E-state index in [-0.39, 0.29) is 5.41 Å². The van der Waals surface area contributed by atoms with Gasteiger partial charge in [-0.25, -0.2) is 0 Å². The lowest BCUT2D eigenvalue weighted by atomic mass is 9.76. The van der Waals surface area contributed by atoms with E-state index in [1.807, 2.05) is 0 Å². The summed E-state index contributed by atoms with van der Waals surface area (Å²) >= 11 is 0. The molecule has 4 nitrogen and oxygen atoms in total. The molecule has 0 aromatic carbocycles. The van der Waals surface area contributed by atoms with Gasteiger partial charge in [0, 0.05) is 29.9 Å². The predicted octanol–water partition coefficient (Wildman–Crippen LogP) is 3.15. The number of ether oxygens (including phenoxy) is 1. The third-order valence-corrected chi connectivity index (χ3v) is 3.55. The number of hydrogen-bond acceptors (Lipinski definition) is 3. The van der Waals surface area contributed by atoms with E-state index in [1.165, 1.54) is 11.4 Å². The van der Waals surface area contributed by atoms with Crippen LogP contribution < -0.4 is 0 Å². The number of carbonyl (C=O) groups is 2. The van der Waals surface area contributed by atoms with Crippen LogP contribution in [0.15, 0.2) is 6.07 Å². The summed E-state index contributed by atoms with van der Waals surface area (Å²) in [6.45, 7) is 12.2.